The first-order valence-corrected chi connectivity index (χ1v) is 5.97. The van der Waals surface area contributed by atoms with E-state index in [0.29, 0.717) is 10.6 Å². The maximum absolute atomic E-state index is 11.8. The van der Waals surface area contributed by atoms with E-state index in [4.69, 9.17) is 4.74 Å². The van der Waals surface area contributed by atoms with Gasteiger partial charge in [0.15, 0.2) is 0 Å². The van der Waals surface area contributed by atoms with Crippen molar-refractivity contribution in [2.24, 2.45) is 0 Å². The molecular formula is C12H15NO2S. The maximum Gasteiger partial charge on any atom is 0.415 e. The second-order valence-electron chi connectivity index (χ2n) is 3.88. The van der Waals surface area contributed by atoms with Crippen molar-refractivity contribution in [2.45, 2.75) is 24.2 Å². The SMILES string of the molecule is O=C(Oc1ccccc1S)N1CCCCC1. The third-order valence-electron chi connectivity index (χ3n) is 2.68. The first-order valence-electron chi connectivity index (χ1n) is 5.52. The highest BCUT2D eigenvalue weighted by atomic mass is 32.1. The number of carbonyl (C=O) groups excluding carboxylic acids is 1. The molecule has 1 aliphatic rings. The van der Waals surface area contributed by atoms with Crippen LogP contribution in [0, 0.1) is 0 Å². The van der Waals surface area contributed by atoms with E-state index in [0.717, 1.165) is 25.9 Å². The van der Waals surface area contributed by atoms with Gasteiger partial charge >= 0.3 is 6.09 Å². The molecule has 0 radical (unpaired) electrons. The van der Waals surface area contributed by atoms with Crippen molar-refractivity contribution >= 4 is 18.7 Å². The van der Waals surface area contributed by atoms with Gasteiger partial charge in [0.05, 0.1) is 0 Å². The molecule has 0 aromatic heterocycles. The lowest BCUT2D eigenvalue weighted by Crippen LogP contribution is -2.37. The van der Waals surface area contributed by atoms with Crippen LogP contribution in [-0.4, -0.2) is 24.1 Å². The first kappa shape index (κ1) is 11.3. The number of piperidine rings is 1. The van der Waals surface area contributed by atoms with Crippen LogP contribution in [0.3, 0.4) is 0 Å². The Morgan fingerprint density at radius 2 is 1.88 bits per heavy atom. The Kier molecular flexibility index (Phi) is 3.72. The molecule has 0 aliphatic carbocycles. The molecule has 16 heavy (non-hydrogen) atoms. The number of benzene rings is 1. The third-order valence-corrected chi connectivity index (χ3v) is 3.05. The predicted molar refractivity (Wildman–Crippen MR) is 65.1 cm³/mol. The van der Waals surface area contributed by atoms with E-state index < -0.39 is 0 Å². The van der Waals surface area contributed by atoms with E-state index in [1.807, 2.05) is 18.2 Å². The van der Waals surface area contributed by atoms with Crippen molar-refractivity contribution in [3.63, 3.8) is 0 Å². The molecule has 1 aliphatic heterocycles. The van der Waals surface area contributed by atoms with Crippen LogP contribution in [0.1, 0.15) is 19.3 Å². The molecule has 1 saturated heterocycles. The summed E-state index contributed by atoms with van der Waals surface area (Å²) in [5.74, 6) is 0.529. The summed E-state index contributed by atoms with van der Waals surface area (Å²) in [5, 5.41) is 0. The fraction of sp³-hybridized carbons (Fsp3) is 0.417. The van der Waals surface area contributed by atoms with Gasteiger partial charge < -0.3 is 9.64 Å². The third kappa shape index (κ3) is 2.70. The monoisotopic (exact) mass is 237 g/mol. The fourth-order valence-electron chi connectivity index (χ4n) is 1.78. The zero-order valence-corrected chi connectivity index (χ0v) is 9.95. The summed E-state index contributed by atoms with van der Waals surface area (Å²) >= 11 is 4.24. The summed E-state index contributed by atoms with van der Waals surface area (Å²) in [6.45, 7) is 1.60. The average molecular weight is 237 g/mol. The van der Waals surface area contributed by atoms with Gasteiger partial charge in [0, 0.05) is 18.0 Å². The average Bonchev–Trinajstić information content (AvgIpc) is 2.33. The van der Waals surface area contributed by atoms with E-state index in [1.165, 1.54) is 6.42 Å². The van der Waals surface area contributed by atoms with Gasteiger partial charge in [0.2, 0.25) is 0 Å². The molecule has 0 bridgehead atoms. The molecule has 1 aromatic rings. The van der Waals surface area contributed by atoms with Crippen molar-refractivity contribution < 1.29 is 9.53 Å². The molecule has 0 spiro atoms. The van der Waals surface area contributed by atoms with E-state index in [9.17, 15) is 4.79 Å². The van der Waals surface area contributed by atoms with E-state index in [1.54, 1.807) is 11.0 Å². The number of amides is 1. The van der Waals surface area contributed by atoms with E-state index in [2.05, 4.69) is 12.6 Å². The minimum absolute atomic E-state index is 0.263. The Morgan fingerprint density at radius 3 is 2.56 bits per heavy atom. The van der Waals surface area contributed by atoms with Crippen molar-refractivity contribution in [3.05, 3.63) is 24.3 Å². The molecule has 2 rings (SSSR count). The molecule has 0 unspecified atom stereocenters. The highest BCUT2D eigenvalue weighted by Crippen LogP contribution is 2.22. The number of para-hydroxylation sites is 1. The van der Waals surface area contributed by atoms with Gasteiger partial charge in [-0.25, -0.2) is 4.79 Å². The second kappa shape index (κ2) is 5.25. The molecular weight excluding hydrogens is 222 g/mol. The largest absolute Gasteiger partial charge is 0.415 e. The van der Waals surface area contributed by atoms with Crippen LogP contribution >= 0.6 is 12.6 Å². The quantitative estimate of drug-likeness (QED) is 0.761. The Morgan fingerprint density at radius 1 is 1.19 bits per heavy atom. The van der Waals surface area contributed by atoms with E-state index in [-0.39, 0.29) is 6.09 Å². The number of hydrogen-bond acceptors (Lipinski definition) is 3. The number of carbonyl (C=O) groups is 1. The maximum atomic E-state index is 11.8. The summed E-state index contributed by atoms with van der Waals surface area (Å²) in [7, 11) is 0. The second-order valence-corrected chi connectivity index (χ2v) is 4.37. The lowest BCUT2D eigenvalue weighted by molar-refractivity contribution is 0.141. The van der Waals surface area contributed by atoms with Crippen LogP contribution in [0.5, 0.6) is 5.75 Å². The molecule has 4 heteroatoms. The number of rotatable bonds is 1. The van der Waals surface area contributed by atoms with Crippen LogP contribution < -0.4 is 4.74 Å². The number of nitrogens with zero attached hydrogens (tertiary/aromatic N) is 1. The smallest absolute Gasteiger partial charge is 0.409 e. The summed E-state index contributed by atoms with van der Waals surface area (Å²) in [5.41, 5.74) is 0. The van der Waals surface area contributed by atoms with Crippen LogP contribution in [0.4, 0.5) is 4.79 Å². The van der Waals surface area contributed by atoms with Crippen molar-refractivity contribution in [1.29, 1.82) is 0 Å². The Hall–Kier alpha value is -1.16. The Balaban J connectivity index is 1.99. The number of thiol groups is 1. The van der Waals surface area contributed by atoms with Gasteiger partial charge in [-0.1, -0.05) is 12.1 Å². The highest BCUT2D eigenvalue weighted by Gasteiger charge is 2.18. The van der Waals surface area contributed by atoms with Crippen LogP contribution in [0.2, 0.25) is 0 Å². The molecule has 0 N–H and O–H groups in total. The fourth-order valence-corrected chi connectivity index (χ4v) is 1.98. The molecule has 1 fully saturated rings. The Labute approximate surface area is 101 Å². The summed E-state index contributed by atoms with van der Waals surface area (Å²) in [6.07, 6.45) is 3.07. The lowest BCUT2D eigenvalue weighted by atomic mass is 10.1. The molecule has 0 atom stereocenters. The standard InChI is InChI=1S/C12H15NO2S/c14-12(13-8-4-1-5-9-13)15-10-6-2-3-7-11(10)16/h2-3,6-7,16H,1,4-5,8-9H2. The van der Waals surface area contributed by atoms with Crippen LogP contribution in [-0.2, 0) is 0 Å². The molecule has 1 heterocycles. The zero-order valence-electron chi connectivity index (χ0n) is 9.06. The highest BCUT2D eigenvalue weighted by molar-refractivity contribution is 7.80. The number of hydrogen-bond donors (Lipinski definition) is 1. The molecule has 0 saturated carbocycles. The molecule has 1 amide bonds. The predicted octanol–water partition coefficient (Wildman–Crippen LogP) is 2.96. The van der Waals surface area contributed by atoms with Gasteiger partial charge in [-0.2, -0.15) is 0 Å². The molecule has 86 valence electrons. The number of likely N-dealkylation sites (tertiary alicyclic amines) is 1. The van der Waals surface area contributed by atoms with Crippen molar-refractivity contribution in [3.8, 4) is 5.75 Å². The molecule has 3 nitrogen and oxygen atoms in total. The van der Waals surface area contributed by atoms with Gasteiger partial charge in [0.25, 0.3) is 0 Å². The van der Waals surface area contributed by atoms with Gasteiger partial charge in [0.1, 0.15) is 5.75 Å². The molecule has 1 aromatic carbocycles. The lowest BCUT2D eigenvalue weighted by Gasteiger charge is -2.25. The minimum atomic E-state index is -0.263. The van der Waals surface area contributed by atoms with Crippen molar-refractivity contribution in [1.82, 2.24) is 4.90 Å². The summed E-state index contributed by atoms with van der Waals surface area (Å²) in [4.78, 5) is 14.2. The van der Waals surface area contributed by atoms with Gasteiger partial charge in [-0.05, 0) is 31.4 Å². The topological polar surface area (TPSA) is 29.5 Å². The zero-order chi connectivity index (χ0) is 11.4. The van der Waals surface area contributed by atoms with Gasteiger partial charge in [-0.3, -0.25) is 0 Å². The summed E-state index contributed by atoms with van der Waals surface area (Å²) < 4.78 is 5.30. The van der Waals surface area contributed by atoms with Crippen molar-refractivity contribution in [2.75, 3.05) is 13.1 Å². The Bertz CT molecular complexity index is 375. The minimum Gasteiger partial charge on any atom is -0.409 e. The van der Waals surface area contributed by atoms with Gasteiger partial charge in [-0.15, -0.1) is 12.6 Å². The number of ether oxygens (including phenoxy) is 1. The normalized spacial score (nSPS) is 15.9. The van der Waals surface area contributed by atoms with E-state index >= 15 is 0 Å². The first-order chi connectivity index (χ1) is 7.77. The van der Waals surface area contributed by atoms with Crippen LogP contribution in [0.15, 0.2) is 29.2 Å². The van der Waals surface area contributed by atoms with Crippen LogP contribution in [0.25, 0.3) is 0 Å². The summed E-state index contributed by atoms with van der Waals surface area (Å²) in [6, 6.07) is 7.26.